The summed E-state index contributed by atoms with van der Waals surface area (Å²) in [4.78, 5) is 11.5. The van der Waals surface area contributed by atoms with Crippen molar-refractivity contribution in [1.29, 1.82) is 0 Å². The molecule has 3 atom stereocenters. The molecule has 3 nitrogen and oxygen atoms in total. The summed E-state index contributed by atoms with van der Waals surface area (Å²) in [6.07, 6.45) is 4.35. The lowest BCUT2D eigenvalue weighted by Gasteiger charge is -2.36. The van der Waals surface area contributed by atoms with Crippen molar-refractivity contribution in [2.45, 2.75) is 38.6 Å². The van der Waals surface area contributed by atoms with Gasteiger partial charge in [-0.2, -0.15) is 0 Å². The second-order valence-electron chi connectivity index (χ2n) is 4.03. The lowest BCUT2D eigenvalue weighted by molar-refractivity contribution is -0.149. The number of hydrogen-bond acceptors (Lipinski definition) is 3. The van der Waals surface area contributed by atoms with E-state index in [4.69, 9.17) is 4.74 Å². The van der Waals surface area contributed by atoms with Crippen LogP contribution in [-0.2, 0) is 9.53 Å². The Hall–Kier alpha value is -0.570. The van der Waals surface area contributed by atoms with Gasteiger partial charge >= 0.3 is 5.97 Å². The SMILES string of the molecule is CCC1C(NC)CCCC1C(=O)OC. The maximum Gasteiger partial charge on any atom is 0.308 e. The number of rotatable bonds is 3. The molecule has 0 radical (unpaired) electrons. The summed E-state index contributed by atoms with van der Waals surface area (Å²) >= 11 is 0. The summed E-state index contributed by atoms with van der Waals surface area (Å²) in [5.41, 5.74) is 0. The van der Waals surface area contributed by atoms with Crippen LogP contribution in [0.1, 0.15) is 32.6 Å². The molecule has 0 aromatic carbocycles. The van der Waals surface area contributed by atoms with E-state index in [9.17, 15) is 4.79 Å². The van der Waals surface area contributed by atoms with Crippen molar-refractivity contribution < 1.29 is 9.53 Å². The summed E-state index contributed by atoms with van der Waals surface area (Å²) in [7, 11) is 3.46. The van der Waals surface area contributed by atoms with Crippen molar-refractivity contribution in [1.82, 2.24) is 5.32 Å². The first-order valence-electron chi connectivity index (χ1n) is 5.49. The zero-order chi connectivity index (χ0) is 10.6. The Morgan fingerprint density at radius 2 is 2.21 bits per heavy atom. The Labute approximate surface area is 86.2 Å². The fourth-order valence-corrected chi connectivity index (χ4v) is 2.64. The third-order valence-corrected chi connectivity index (χ3v) is 3.41. The smallest absolute Gasteiger partial charge is 0.308 e. The average molecular weight is 199 g/mol. The normalized spacial score (nSPS) is 32.6. The van der Waals surface area contributed by atoms with Gasteiger partial charge in [0.15, 0.2) is 0 Å². The van der Waals surface area contributed by atoms with Crippen LogP contribution in [0, 0.1) is 11.8 Å². The number of esters is 1. The van der Waals surface area contributed by atoms with Gasteiger partial charge in [0.05, 0.1) is 13.0 Å². The maximum absolute atomic E-state index is 11.5. The standard InChI is InChI=1S/C11H21NO2/c1-4-8-9(11(13)14-3)6-5-7-10(8)12-2/h8-10,12H,4-7H2,1-3H3. The minimum Gasteiger partial charge on any atom is -0.469 e. The average Bonchev–Trinajstić information content (AvgIpc) is 2.26. The van der Waals surface area contributed by atoms with Gasteiger partial charge in [0.1, 0.15) is 0 Å². The van der Waals surface area contributed by atoms with Crippen LogP contribution in [0.4, 0.5) is 0 Å². The van der Waals surface area contributed by atoms with Crippen LogP contribution >= 0.6 is 0 Å². The molecule has 0 aliphatic heterocycles. The first-order chi connectivity index (χ1) is 6.74. The third kappa shape index (κ3) is 2.27. The van der Waals surface area contributed by atoms with Crippen molar-refractivity contribution in [3.05, 3.63) is 0 Å². The first-order valence-corrected chi connectivity index (χ1v) is 5.49. The summed E-state index contributed by atoms with van der Waals surface area (Å²) in [5, 5.41) is 3.31. The zero-order valence-electron chi connectivity index (χ0n) is 9.38. The molecule has 3 unspecified atom stereocenters. The number of nitrogens with one attached hydrogen (secondary N) is 1. The van der Waals surface area contributed by atoms with Crippen LogP contribution in [0.15, 0.2) is 0 Å². The molecule has 0 heterocycles. The highest BCUT2D eigenvalue weighted by atomic mass is 16.5. The van der Waals surface area contributed by atoms with Crippen molar-refractivity contribution in [2.75, 3.05) is 14.2 Å². The van der Waals surface area contributed by atoms with Gasteiger partial charge in [-0.15, -0.1) is 0 Å². The Morgan fingerprint density at radius 1 is 1.50 bits per heavy atom. The molecule has 3 heteroatoms. The van der Waals surface area contributed by atoms with Crippen LogP contribution < -0.4 is 5.32 Å². The minimum absolute atomic E-state index is 0.0307. The molecule has 0 spiro atoms. The fourth-order valence-electron chi connectivity index (χ4n) is 2.64. The molecule has 1 saturated carbocycles. The van der Waals surface area contributed by atoms with E-state index >= 15 is 0 Å². The Morgan fingerprint density at radius 3 is 2.71 bits per heavy atom. The Kier molecular flexibility index (Phi) is 4.39. The number of carbonyl (C=O) groups excluding carboxylic acids is 1. The summed E-state index contributed by atoms with van der Waals surface area (Å²) in [5.74, 6) is 0.522. The van der Waals surface area contributed by atoms with E-state index in [2.05, 4.69) is 12.2 Å². The van der Waals surface area contributed by atoms with Gasteiger partial charge in [-0.25, -0.2) is 0 Å². The molecule has 1 aliphatic carbocycles. The van der Waals surface area contributed by atoms with Crippen LogP contribution in [0.25, 0.3) is 0 Å². The second kappa shape index (κ2) is 5.35. The van der Waals surface area contributed by atoms with E-state index < -0.39 is 0 Å². The first kappa shape index (κ1) is 11.5. The second-order valence-corrected chi connectivity index (χ2v) is 4.03. The highest BCUT2D eigenvalue weighted by molar-refractivity contribution is 5.72. The third-order valence-electron chi connectivity index (χ3n) is 3.41. The molecule has 0 aromatic rings. The van der Waals surface area contributed by atoms with E-state index in [1.54, 1.807) is 0 Å². The highest BCUT2D eigenvalue weighted by Gasteiger charge is 2.36. The monoisotopic (exact) mass is 199 g/mol. The van der Waals surface area contributed by atoms with E-state index in [-0.39, 0.29) is 11.9 Å². The molecular weight excluding hydrogens is 178 g/mol. The predicted octanol–water partition coefficient (Wildman–Crippen LogP) is 1.57. The number of carbonyl (C=O) groups is 1. The Bertz CT molecular complexity index is 194. The van der Waals surface area contributed by atoms with Gasteiger partial charge in [-0.3, -0.25) is 4.79 Å². The van der Waals surface area contributed by atoms with Crippen LogP contribution in [0.5, 0.6) is 0 Å². The number of methoxy groups -OCH3 is 1. The van der Waals surface area contributed by atoms with Gasteiger partial charge in [-0.1, -0.05) is 19.8 Å². The van der Waals surface area contributed by atoms with Gasteiger partial charge in [0.2, 0.25) is 0 Å². The largest absolute Gasteiger partial charge is 0.469 e. The maximum atomic E-state index is 11.5. The lowest BCUT2D eigenvalue weighted by Crippen LogP contribution is -2.43. The topological polar surface area (TPSA) is 38.3 Å². The van der Waals surface area contributed by atoms with E-state index in [1.165, 1.54) is 13.5 Å². The lowest BCUT2D eigenvalue weighted by atomic mass is 9.74. The quantitative estimate of drug-likeness (QED) is 0.701. The van der Waals surface area contributed by atoms with Crippen molar-refractivity contribution in [2.24, 2.45) is 11.8 Å². The summed E-state index contributed by atoms with van der Waals surface area (Å²) in [6, 6.07) is 0.484. The molecule has 0 saturated heterocycles. The molecule has 1 aliphatic rings. The molecule has 1 fully saturated rings. The summed E-state index contributed by atoms with van der Waals surface area (Å²) in [6.45, 7) is 2.15. The molecule has 1 rings (SSSR count). The summed E-state index contributed by atoms with van der Waals surface area (Å²) < 4.78 is 4.85. The fraction of sp³-hybridized carbons (Fsp3) is 0.909. The molecule has 0 bridgehead atoms. The Balaban J connectivity index is 2.67. The van der Waals surface area contributed by atoms with Crippen molar-refractivity contribution in [3.63, 3.8) is 0 Å². The molecular formula is C11H21NO2. The zero-order valence-corrected chi connectivity index (χ0v) is 9.38. The molecule has 82 valence electrons. The van der Waals surface area contributed by atoms with E-state index in [0.717, 1.165) is 19.3 Å². The van der Waals surface area contributed by atoms with E-state index in [1.807, 2.05) is 7.05 Å². The molecule has 0 aromatic heterocycles. The van der Waals surface area contributed by atoms with Gasteiger partial charge < -0.3 is 10.1 Å². The van der Waals surface area contributed by atoms with Crippen molar-refractivity contribution in [3.8, 4) is 0 Å². The van der Waals surface area contributed by atoms with Crippen LogP contribution in [0.3, 0.4) is 0 Å². The number of hydrogen-bond donors (Lipinski definition) is 1. The molecule has 14 heavy (non-hydrogen) atoms. The van der Waals surface area contributed by atoms with Crippen LogP contribution in [0.2, 0.25) is 0 Å². The minimum atomic E-state index is -0.0307. The predicted molar refractivity (Wildman–Crippen MR) is 56.0 cm³/mol. The van der Waals surface area contributed by atoms with Gasteiger partial charge in [0, 0.05) is 6.04 Å². The van der Waals surface area contributed by atoms with Gasteiger partial charge in [-0.05, 0) is 25.8 Å². The van der Waals surface area contributed by atoms with Gasteiger partial charge in [0.25, 0.3) is 0 Å². The van der Waals surface area contributed by atoms with E-state index in [0.29, 0.717) is 12.0 Å². The molecule has 0 amide bonds. The highest BCUT2D eigenvalue weighted by Crippen LogP contribution is 2.33. The number of ether oxygens (including phenoxy) is 1. The van der Waals surface area contributed by atoms with Crippen molar-refractivity contribution >= 4 is 5.97 Å². The molecule has 1 N–H and O–H groups in total. The van der Waals surface area contributed by atoms with Crippen LogP contribution in [-0.4, -0.2) is 26.2 Å².